The molecule has 3 aromatic rings. The van der Waals surface area contributed by atoms with Gasteiger partial charge in [-0.15, -0.1) is 0 Å². The molecule has 0 aliphatic carbocycles. The summed E-state index contributed by atoms with van der Waals surface area (Å²) in [4.78, 5) is 25.2. The van der Waals surface area contributed by atoms with Crippen molar-refractivity contribution in [3.05, 3.63) is 53.7 Å². The number of rotatable bonds is 6. The minimum absolute atomic E-state index is 0.0150. The minimum Gasteiger partial charge on any atom is -0.493 e. The summed E-state index contributed by atoms with van der Waals surface area (Å²) >= 11 is 0. The molecule has 4 rings (SSSR count). The SMILES string of the molecule is COc1ccc(-c2cnn3c2NC(=O)C3CC(=O)Nc2cc(C)cc(C)c2)cc1OC. The third-order valence-electron chi connectivity index (χ3n) is 5.21. The number of benzene rings is 2. The van der Waals surface area contributed by atoms with Gasteiger partial charge < -0.3 is 20.1 Å². The molecule has 2 amide bonds. The van der Waals surface area contributed by atoms with E-state index in [0.29, 0.717) is 23.0 Å². The van der Waals surface area contributed by atoms with Crippen LogP contribution in [0.4, 0.5) is 11.5 Å². The van der Waals surface area contributed by atoms with Crippen LogP contribution in [0.15, 0.2) is 42.6 Å². The van der Waals surface area contributed by atoms with Crippen LogP contribution in [-0.4, -0.2) is 35.8 Å². The molecule has 0 bridgehead atoms. The van der Waals surface area contributed by atoms with Crippen LogP contribution in [0, 0.1) is 13.8 Å². The number of methoxy groups -OCH3 is 2. The summed E-state index contributed by atoms with van der Waals surface area (Å²) < 4.78 is 12.2. The zero-order valence-corrected chi connectivity index (χ0v) is 17.9. The number of carbonyl (C=O) groups excluding carboxylic acids is 2. The van der Waals surface area contributed by atoms with Gasteiger partial charge >= 0.3 is 0 Å². The van der Waals surface area contributed by atoms with Gasteiger partial charge in [0.15, 0.2) is 11.5 Å². The molecule has 8 nitrogen and oxygen atoms in total. The molecule has 0 saturated heterocycles. The molecule has 31 heavy (non-hydrogen) atoms. The molecule has 0 spiro atoms. The standard InChI is InChI=1S/C23H24N4O4/c1-13-7-14(2)9-16(8-13)25-21(28)11-18-23(29)26-22-17(12-24-27(18)22)15-5-6-19(30-3)20(10-15)31-4/h5-10,12,18H,11H2,1-4H3,(H,25,28)(H,26,29). The van der Waals surface area contributed by atoms with Gasteiger partial charge in [0.1, 0.15) is 11.9 Å². The average Bonchev–Trinajstić information content (AvgIpc) is 3.26. The molecule has 1 unspecified atom stereocenters. The minimum atomic E-state index is -0.713. The fourth-order valence-corrected chi connectivity index (χ4v) is 3.86. The molecular weight excluding hydrogens is 396 g/mol. The van der Waals surface area contributed by atoms with Crippen LogP contribution in [0.2, 0.25) is 0 Å². The summed E-state index contributed by atoms with van der Waals surface area (Å²) in [5, 5.41) is 10.1. The van der Waals surface area contributed by atoms with Crippen molar-refractivity contribution >= 4 is 23.3 Å². The van der Waals surface area contributed by atoms with E-state index in [1.54, 1.807) is 31.2 Å². The van der Waals surface area contributed by atoms with E-state index >= 15 is 0 Å². The molecule has 2 N–H and O–H groups in total. The Morgan fingerprint density at radius 3 is 2.48 bits per heavy atom. The van der Waals surface area contributed by atoms with Gasteiger partial charge in [-0.3, -0.25) is 9.59 Å². The maximum absolute atomic E-state index is 12.6. The Morgan fingerprint density at radius 1 is 1.10 bits per heavy atom. The first-order valence-electron chi connectivity index (χ1n) is 9.88. The van der Waals surface area contributed by atoms with Crippen LogP contribution >= 0.6 is 0 Å². The van der Waals surface area contributed by atoms with Gasteiger partial charge in [0.2, 0.25) is 5.91 Å². The molecule has 0 radical (unpaired) electrons. The molecule has 160 valence electrons. The first kappa shape index (κ1) is 20.5. The molecule has 0 saturated carbocycles. The highest BCUT2D eigenvalue weighted by Gasteiger charge is 2.35. The van der Waals surface area contributed by atoms with Gasteiger partial charge in [0.25, 0.3) is 5.91 Å². The van der Waals surface area contributed by atoms with Crippen LogP contribution < -0.4 is 20.1 Å². The van der Waals surface area contributed by atoms with Crippen molar-refractivity contribution in [2.75, 3.05) is 24.9 Å². The molecule has 8 heteroatoms. The molecule has 2 heterocycles. The van der Waals surface area contributed by atoms with Crippen molar-refractivity contribution in [1.29, 1.82) is 0 Å². The predicted molar refractivity (Wildman–Crippen MR) is 118 cm³/mol. The van der Waals surface area contributed by atoms with E-state index in [-0.39, 0.29) is 18.2 Å². The Labute approximate surface area is 180 Å². The second-order valence-corrected chi connectivity index (χ2v) is 7.55. The molecule has 1 atom stereocenters. The van der Waals surface area contributed by atoms with Gasteiger partial charge in [0, 0.05) is 11.3 Å². The monoisotopic (exact) mass is 420 g/mol. The largest absolute Gasteiger partial charge is 0.493 e. The van der Waals surface area contributed by atoms with Crippen LogP contribution in [0.5, 0.6) is 11.5 Å². The van der Waals surface area contributed by atoms with Crippen molar-refractivity contribution < 1.29 is 19.1 Å². The number of hydrogen-bond donors (Lipinski definition) is 2. The summed E-state index contributed by atoms with van der Waals surface area (Å²) in [6, 6.07) is 10.6. The lowest BCUT2D eigenvalue weighted by Gasteiger charge is -2.11. The molecular formula is C23H24N4O4. The first-order valence-corrected chi connectivity index (χ1v) is 9.88. The van der Waals surface area contributed by atoms with E-state index in [9.17, 15) is 9.59 Å². The normalized spacial score (nSPS) is 14.7. The van der Waals surface area contributed by atoms with Crippen molar-refractivity contribution in [1.82, 2.24) is 9.78 Å². The van der Waals surface area contributed by atoms with E-state index < -0.39 is 6.04 Å². The Kier molecular flexibility index (Phi) is 5.37. The van der Waals surface area contributed by atoms with Gasteiger partial charge in [-0.25, -0.2) is 4.68 Å². The second kappa shape index (κ2) is 8.14. The number of nitrogens with zero attached hydrogens (tertiary/aromatic N) is 2. The average molecular weight is 420 g/mol. The second-order valence-electron chi connectivity index (χ2n) is 7.55. The van der Waals surface area contributed by atoms with E-state index in [4.69, 9.17) is 9.47 Å². The lowest BCUT2D eigenvalue weighted by Crippen LogP contribution is -2.23. The molecule has 1 aromatic heterocycles. The smallest absolute Gasteiger partial charge is 0.251 e. The Morgan fingerprint density at radius 2 is 1.81 bits per heavy atom. The number of fused-ring (bicyclic) bond motifs is 1. The van der Waals surface area contributed by atoms with Gasteiger partial charge in [0.05, 0.1) is 26.8 Å². The van der Waals surface area contributed by atoms with Crippen molar-refractivity contribution in [2.24, 2.45) is 0 Å². The molecule has 1 aliphatic heterocycles. The summed E-state index contributed by atoms with van der Waals surface area (Å²) in [6.45, 7) is 3.94. The van der Waals surface area contributed by atoms with E-state index in [2.05, 4.69) is 15.7 Å². The summed E-state index contributed by atoms with van der Waals surface area (Å²) in [6.07, 6.45) is 1.66. The Bertz CT molecular complexity index is 1150. The fraction of sp³-hybridized carbons (Fsp3) is 0.261. The maximum atomic E-state index is 12.6. The van der Waals surface area contributed by atoms with Crippen molar-refractivity contribution in [3.63, 3.8) is 0 Å². The number of aryl methyl sites for hydroxylation is 2. The lowest BCUT2D eigenvalue weighted by atomic mass is 10.1. The van der Waals surface area contributed by atoms with Gasteiger partial charge in [-0.05, 0) is 54.8 Å². The summed E-state index contributed by atoms with van der Waals surface area (Å²) in [5.74, 6) is 1.23. The third-order valence-corrected chi connectivity index (χ3v) is 5.21. The van der Waals surface area contributed by atoms with E-state index in [0.717, 1.165) is 22.3 Å². The zero-order valence-electron chi connectivity index (χ0n) is 17.9. The van der Waals surface area contributed by atoms with Crippen LogP contribution in [0.1, 0.15) is 23.6 Å². The number of anilines is 2. The molecule has 1 aliphatic rings. The fourth-order valence-electron chi connectivity index (χ4n) is 3.86. The maximum Gasteiger partial charge on any atom is 0.251 e. The topological polar surface area (TPSA) is 94.5 Å². The van der Waals surface area contributed by atoms with Crippen molar-refractivity contribution in [3.8, 4) is 22.6 Å². The summed E-state index contributed by atoms with van der Waals surface area (Å²) in [5.41, 5.74) is 4.39. The van der Waals surface area contributed by atoms with Crippen LogP contribution in [-0.2, 0) is 9.59 Å². The zero-order chi connectivity index (χ0) is 22.1. The third kappa shape index (κ3) is 3.96. The number of ether oxygens (including phenoxy) is 2. The molecule has 2 aromatic carbocycles. The van der Waals surface area contributed by atoms with Gasteiger partial charge in [-0.2, -0.15) is 5.10 Å². The number of amides is 2. The highest BCUT2D eigenvalue weighted by molar-refractivity contribution is 6.04. The predicted octanol–water partition coefficient (Wildman–Crippen LogP) is 3.71. The van der Waals surface area contributed by atoms with E-state index in [1.165, 1.54) is 0 Å². The highest BCUT2D eigenvalue weighted by atomic mass is 16.5. The first-order chi connectivity index (χ1) is 14.9. The Hall–Kier alpha value is -3.81. The van der Waals surface area contributed by atoms with Crippen LogP contribution in [0.3, 0.4) is 0 Å². The Balaban J connectivity index is 1.56. The number of nitrogens with one attached hydrogen (secondary N) is 2. The number of carbonyl (C=O) groups is 2. The number of aromatic nitrogens is 2. The lowest BCUT2D eigenvalue weighted by molar-refractivity contribution is -0.123. The van der Waals surface area contributed by atoms with Crippen molar-refractivity contribution in [2.45, 2.75) is 26.3 Å². The quantitative estimate of drug-likeness (QED) is 0.634. The van der Waals surface area contributed by atoms with E-state index in [1.807, 2.05) is 44.2 Å². The summed E-state index contributed by atoms with van der Waals surface area (Å²) in [7, 11) is 3.14. The van der Waals surface area contributed by atoms with Crippen LogP contribution in [0.25, 0.3) is 11.1 Å². The molecule has 0 fully saturated rings. The number of hydrogen-bond acceptors (Lipinski definition) is 5. The highest BCUT2D eigenvalue weighted by Crippen LogP contribution is 2.39. The van der Waals surface area contributed by atoms with Gasteiger partial charge in [-0.1, -0.05) is 12.1 Å².